The third-order valence-electron chi connectivity index (χ3n) is 3.82. The van der Waals surface area contributed by atoms with Gasteiger partial charge in [-0.15, -0.1) is 0 Å². The van der Waals surface area contributed by atoms with Crippen LogP contribution in [0, 0.1) is 22.9 Å². The van der Waals surface area contributed by atoms with E-state index in [-0.39, 0.29) is 10.8 Å². The maximum absolute atomic E-state index is 13.9. The second kappa shape index (κ2) is 3.53. The van der Waals surface area contributed by atoms with Gasteiger partial charge in [0.25, 0.3) is 0 Å². The van der Waals surface area contributed by atoms with E-state index in [1.807, 2.05) is 0 Å². The summed E-state index contributed by atoms with van der Waals surface area (Å²) in [5, 5.41) is 0.219. The van der Waals surface area contributed by atoms with Crippen molar-refractivity contribution in [2.24, 2.45) is 5.41 Å². The van der Waals surface area contributed by atoms with Crippen molar-refractivity contribution < 1.29 is 13.2 Å². The first kappa shape index (κ1) is 11.6. The third kappa shape index (κ3) is 1.55. The summed E-state index contributed by atoms with van der Waals surface area (Å²) >= 11 is 0. The number of aromatic amines is 1. The Kier molecular flexibility index (Phi) is 2.28. The molecule has 1 aliphatic carbocycles. The maximum Gasteiger partial charge on any atom is 0.195 e. The van der Waals surface area contributed by atoms with E-state index in [1.54, 1.807) is 0 Å². The summed E-state index contributed by atoms with van der Waals surface area (Å²) in [5.41, 5.74) is 2.14. The topological polar surface area (TPSA) is 15.8 Å². The minimum Gasteiger partial charge on any atom is -0.358 e. The largest absolute Gasteiger partial charge is 0.358 e. The number of nitrogens with one attached hydrogen (secondary N) is 1. The standard InChI is InChI=1S/C14H14F3N/c1-14(2)4-3-9-7(6-14)11-10(18-9)5-8(15)12(16)13(11)17/h5,18H,3-4,6H2,1-2H3. The van der Waals surface area contributed by atoms with Gasteiger partial charge < -0.3 is 4.98 Å². The highest BCUT2D eigenvalue weighted by atomic mass is 19.2. The van der Waals surface area contributed by atoms with Crippen LogP contribution in [-0.2, 0) is 12.8 Å². The molecule has 0 unspecified atom stereocenters. The number of fused-ring (bicyclic) bond motifs is 3. The molecule has 0 radical (unpaired) electrons. The van der Waals surface area contributed by atoms with Crippen molar-refractivity contribution >= 4 is 10.9 Å². The number of halogens is 3. The summed E-state index contributed by atoms with van der Waals surface area (Å²) in [6, 6.07) is 1.04. The van der Waals surface area contributed by atoms with Crippen LogP contribution in [0.2, 0.25) is 0 Å². The van der Waals surface area contributed by atoms with E-state index < -0.39 is 17.5 Å². The number of benzene rings is 1. The molecule has 1 aromatic carbocycles. The van der Waals surface area contributed by atoms with Crippen LogP contribution < -0.4 is 0 Å². The van der Waals surface area contributed by atoms with Crippen molar-refractivity contribution in [3.63, 3.8) is 0 Å². The van der Waals surface area contributed by atoms with Gasteiger partial charge in [0.15, 0.2) is 17.5 Å². The van der Waals surface area contributed by atoms with Gasteiger partial charge in [-0.1, -0.05) is 13.8 Å². The lowest BCUT2D eigenvalue weighted by Gasteiger charge is -2.29. The van der Waals surface area contributed by atoms with E-state index in [1.165, 1.54) is 0 Å². The van der Waals surface area contributed by atoms with Crippen molar-refractivity contribution in [2.45, 2.75) is 33.1 Å². The molecule has 1 nitrogen and oxygen atoms in total. The van der Waals surface area contributed by atoms with Gasteiger partial charge in [0.2, 0.25) is 0 Å². The molecule has 1 aliphatic rings. The number of H-pyrrole nitrogens is 1. The summed E-state index contributed by atoms with van der Waals surface area (Å²) in [6.45, 7) is 4.21. The van der Waals surface area contributed by atoms with E-state index in [9.17, 15) is 13.2 Å². The summed E-state index contributed by atoms with van der Waals surface area (Å²) in [6.07, 6.45) is 2.46. The summed E-state index contributed by atoms with van der Waals surface area (Å²) in [4.78, 5) is 3.02. The summed E-state index contributed by atoms with van der Waals surface area (Å²) in [5.74, 6) is -3.59. The molecule has 4 heteroatoms. The van der Waals surface area contributed by atoms with Crippen LogP contribution in [0.15, 0.2) is 6.07 Å². The van der Waals surface area contributed by atoms with Crippen LogP contribution >= 0.6 is 0 Å². The third-order valence-corrected chi connectivity index (χ3v) is 3.82. The van der Waals surface area contributed by atoms with Gasteiger partial charge in [-0.2, -0.15) is 0 Å². The molecule has 0 atom stereocenters. The molecular formula is C14H14F3N. The summed E-state index contributed by atoms with van der Waals surface area (Å²) in [7, 11) is 0. The number of rotatable bonds is 0. The Morgan fingerprint density at radius 2 is 1.89 bits per heavy atom. The monoisotopic (exact) mass is 253 g/mol. The zero-order valence-electron chi connectivity index (χ0n) is 10.3. The predicted octanol–water partition coefficient (Wildman–Crippen LogP) is 4.10. The molecule has 3 rings (SSSR count). The molecule has 0 saturated heterocycles. The zero-order chi connectivity index (χ0) is 13.1. The molecular weight excluding hydrogens is 239 g/mol. The zero-order valence-corrected chi connectivity index (χ0v) is 10.3. The van der Waals surface area contributed by atoms with E-state index >= 15 is 0 Å². The first-order chi connectivity index (χ1) is 8.39. The molecule has 0 saturated carbocycles. The fourth-order valence-electron chi connectivity index (χ4n) is 2.82. The highest BCUT2D eigenvalue weighted by Gasteiger charge is 2.30. The van der Waals surface area contributed by atoms with Crippen LogP contribution in [0.4, 0.5) is 13.2 Å². The van der Waals surface area contributed by atoms with Crippen molar-refractivity contribution in [1.82, 2.24) is 4.98 Å². The first-order valence-corrected chi connectivity index (χ1v) is 6.06. The Labute approximate surface area is 103 Å². The SMILES string of the molecule is CC1(C)CCc2[nH]c3cc(F)c(F)c(F)c3c2C1. The first-order valence-electron chi connectivity index (χ1n) is 6.06. The van der Waals surface area contributed by atoms with Crippen molar-refractivity contribution in [2.75, 3.05) is 0 Å². The molecule has 1 heterocycles. The van der Waals surface area contributed by atoms with Gasteiger partial charge in [-0.25, -0.2) is 13.2 Å². The molecule has 0 spiro atoms. The van der Waals surface area contributed by atoms with Crippen molar-refractivity contribution in [1.29, 1.82) is 0 Å². The quantitative estimate of drug-likeness (QED) is 0.680. The molecule has 0 amide bonds. The van der Waals surface area contributed by atoms with Crippen LogP contribution in [0.3, 0.4) is 0 Å². The van der Waals surface area contributed by atoms with Crippen LogP contribution in [-0.4, -0.2) is 4.98 Å². The molecule has 0 fully saturated rings. The number of aromatic nitrogens is 1. The molecule has 2 aromatic rings. The Bertz CT molecular complexity index is 640. The van der Waals surface area contributed by atoms with Gasteiger partial charge in [-0.3, -0.25) is 0 Å². The van der Waals surface area contributed by atoms with E-state index in [2.05, 4.69) is 18.8 Å². The lowest BCUT2D eigenvalue weighted by molar-refractivity contribution is 0.315. The van der Waals surface area contributed by atoms with Crippen molar-refractivity contribution in [3.8, 4) is 0 Å². The Hall–Kier alpha value is -1.45. The molecule has 1 N–H and O–H groups in total. The van der Waals surface area contributed by atoms with Gasteiger partial charge in [-0.05, 0) is 30.2 Å². The number of aryl methyl sites for hydroxylation is 1. The Morgan fingerprint density at radius 1 is 1.17 bits per heavy atom. The smallest absolute Gasteiger partial charge is 0.195 e. The molecule has 18 heavy (non-hydrogen) atoms. The fraction of sp³-hybridized carbons (Fsp3) is 0.429. The van der Waals surface area contributed by atoms with Crippen LogP contribution in [0.25, 0.3) is 10.9 Å². The average molecular weight is 253 g/mol. The maximum atomic E-state index is 13.9. The van der Waals surface area contributed by atoms with Gasteiger partial charge >= 0.3 is 0 Å². The molecule has 0 aliphatic heterocycles. The number of hydrogen-bond acceptors (Lipinski definition) is 0. The highest BCUT2D eigenvalue weighted by Crippen LogP contribution is 2.39. The normalized spacial score (nSPS) is 18.1. The highest BCUT2D eigenvalue weighted by molar-refractivity contribution is 5.86. The van der Waals surface area contributed by atoms with E-state index in [0.717, 1.165) is 30.2 Å². The van der Waals surface area contributed by atoms with Gasteiger partial charge in [0.1, 0.15) is 0 Å². The molecule has 1 aromatic heterocycles. The molecule has 0 bridgehead atoms. The second-order valence-corrected chi connectivity index (χ2v) is 5.83. The minimum absolute atomic E-state index is 0.0689. The van der Waals surface area contributed by atoms with E-state index in [4.69, 9.17) is 0 Å². The van der Waals surface area contributed by atoms with Crippen LogP contribution in [0.5, 0.6) is 0 Å². The predicted molar refractivity (Wildman–Crippen MR) is 64.0 cm³/mol. The summed E-state index contributed by atoms with van der Waals surface area (Å²) < 4.78 is 40.4. The molecule has 96 valence electrons. The van der Waals surface area contributed by atoms with Gasteiger partial charge in [0.05, 0.1) is 5.52 Å². The minimum atomic E-state index is -1.38. The van der Waals surface area contributed by atoms with Crippen molar-refractivity contribution in [3.05, 3.63) is 34.8 Å². The lowest BCUT2D eigenvalue weighted by Crippen LogP contribution is -2.21. The Balaban J connectivity index is 2.32. The van der Waals surface area contributed by atoms with E-state index in [0.29, 0.717) is 11.9 Å². The Morgan fingerprint density at radius 3 is 2.61 bits per heavy atom. The fourth-order valence-corrected chi connectivity index (χ4v) is 2.82. The lowest BCUT2D eigenvalue weighted by atomic mass is 9.76. The second-order valence-electron chi connectivity index (χ2n) is 5.83. The average Bonchev–Trinajstić information content (AvgIpc) is 2.62. The van der Waals surface area contributed by atoms with Gasteiger partial charge in [0, 0.05) is 17.1 Å². The van der Waals surface area contributed by atoms with Crippen LogP contribution in [0.1, 0.15) is 31.5 Å². The number of hydrogen-bond donors (Lipinski definition) is 1.